The molecule has 2 aliphatic heterocycles. The van der Waals surface area contributed by atoms with Crippen LogP contribution in [0.3, 0.4) is 0 Å². The van der Waals surface area contributed by atoms with Crippen molar-refractivity contribution in [1.29, 1.82) is 0 Å². The number of rotatable bonds is 10. The highest BCUT2D eigenvalue weighted by atomic mass is 35.5. The average Bonchev–Trinajstić information content (AvgIpc) is 2.91. The van der Waals surface area contributed by atoms with E-state index in [2.05, 4.69) is 5.32 Å². The molecule has 0 unspecified atom stereocenters. The average molecular weight is 650 g/mol. The number of benzene rings is 1. The van der Waals surface area contributed by atoms with E-state index in [0.717, 1.165) is 4.90 Å². The van der Waals surface area contributed by atoms with Crippen LogP contribution in [-0.4, -0.2) is 75.0 Å². The van der Waals surface area contributed by atoms with Gasteiger partial charge in [0, 0.05) is 38.5 Å². The number of thioether (sulfide) groups is 3. The highest BCUT2D eigenvalue weighted by molar-refractivity contribution is 8.01. The highest BCUT2D eigenvalue weighted by Crippen LogP contribution is 2.41. The Labute approximate surface area is 247 Å². The summed E-state index contributed by atoms with van der Waals surface area (Å²) in [5.41, 5.74) is 0.493. The number of aliphatic hydroxyl groups is 1. The Balaban J connectivity index is 1.37. The minimum atomic E-state index is -2.69. The van der Waals surface area contributed by atoms with Crippen LogP contribution in [0.2, 0.25) is 10.0 Å². The van der Waals surface area contributed by atoms with E-state index >= 15 is 0 Å². The Morgan fingerprint density at radius 1 is 1.15 bits per heavy atom. The summed E-state index contributed by atoms with van der Waals surface area (Å²) in [4.78, 5) is 40.2. The van der Waals surface area contributed by atoms with Crippen molar-refractivity contribution in [3.05, 3.63) is 64.0 Å². The van der Waals surface area contributed by atoms with Crippen LogP contribution in [0.5, 0.6) is 0 Å². The quantitative estimate of drug-likeness (QED) is 0.152. The van der Waals surface area contributed by atoms with Gasteiger partial charge in [-0.3, -0.25) is 14.5 Å². The van der Waals surface area contributed by atoms with Crippen molar-refractivity contribution >= 4 is 91.6 Å². The zero-order valence-electron chi connectivity index (χ0n) is 19.7. The number of aromatic nitrogens is 1. The summed E-state index contributed by atoms with van der Waals surface area (Å²) in [5.74, 6) is -1.40. The molecule has 39 heavy (non-hydrogen) atoms. The first-order valence-corrected chi connectivity index (χ1v) is 15.9. The van der Waals surface area contributed by atoms with Crippen LogP contribution in [0.15, 0.2) is 63.8 Å². The first-order chi connectivity index (χ1) is 18.5. The van der Waals surface area contributed by atoms with Gasteiger partial charge < -0.3 is 15.5 Å². The number of aliphatic hydroxyl groups excluding tert-OH is 1. The number of nitrogens with one attached hydrogen (secondary N) is 1. The second-order valence-electron chi connectivity index (χ2n) is 8.20. The Morgan fingerprint density at radius 2 is 1.87 bits per heavy atom. The molecule has 4 rings (SSSR count). The summed E-state index contributed by atoms with van der Waals surface area (Å²) < 4.78 is 23.0. The lowest BCUT2D eigenvalue weighted by Gasteiger charge is -2.49. The zero-order chi connectivity index (χ0) is 28.3. The number of pyridine rings is 1. The molecule has 2 amide bonds. The van der Waals surface area contributed by atoms with Crippen molar-refractivity contribution in [2.75, 3.05) is 17.3 Å². The number of carbonyl (C=O) groups excluding carboxylic acids is 2. The smallest absolute Gasteiger partial charge is 0.352 e. The standard InChI is InChI=1S/C23H19Cl2N3O7S4/c24-13-1-2-15(25)16(7-13)37-11-17(29)26-19-21(31)28-20(23(32)33)12(10-38-22(19)28)9-36-14-3-5-27(6-4-14)8-18(30)39(34)35/h1-7,19,22H,8-11H2,(H2-,26,29,30,32,33)/p+1/t19-,22-/m1/s1. The van der Waals surface area contributed by atoms with Gasteiger partial charge in [-0.2, -0.15) is 13.0 Å². The SMILES string of the molecule is O=C(CSc1cc(Cl)ccc1Cl)N[C@@H]1C(=O)N2C(C(=O)O)=C(CSc3cc[n+](CC(O)=S(=O)=O)cc3)CS[C@H]12. The predicted octanol–water partition coefficient (Wildman–Crippen LogP) is 2.47. The molecule has 1 aromatic carbocycles. The van der Waals surface area contributed by atoms with E-state index in [-0.39, 0.29) is 23.9 Å². The van der Waals surface area contributed by atoms with Crippen molar-refractivity contribution in [2.24, 2.45) is 0 Å². The number of aliphatic carboxylic acids is 1. The number of halogens is 2. The molecular weight excluding hydrogens is 629 g/mol. The molecule has 0 saturated carbocycles. The van der Waals surface area contributed by atoms with Gasteiger partial charge in [-0.05, 0) is 23.8 Å². The fraction of sp³-hybridized carbons (Fsp3) is 0.261. The topological polar surface area (TPSA) is 145 Å². The molecule has 1 fully saturated rings. The largest absolute Gasteiger partial charge is 0.477 e. The van der Waals surface area contributed by atoms with E-state index < -0.39 is 38.6 Å². The van der Waals surface area contributed by atoms with Gasteiger partial charge in [-0.1, -0.05) is 23.2 Å². The number of fused-ring (bicyclic) bond motifs is 1. The molecule has 2 aliphatic rings. The van der Waals surface area contributed by atoms with Crippen molar-refractivity contribution in [1.82, 2.24) is 10.2 Å². The predicted molar refractivity (Wildman–Crippen MR) is 151 cm³/mol. The molecule has 206 valence electrons. The summed E-state index contributed by atoms with van der Waals surface area (Å²) in [6, 6.07) is 7.50. The van der Waals surface area contributed by atoms with Crippen molar-refractivity contribution < 1.29 is 37.6 Å². The summed E-state index contributed by atoms with van der Waals surface area (Å²) in [5, 5.41) is 21.7. The van der Waals surface area contributed by atoms with Crippen molar-refractivity contribution in [2.45, 2.75) is 27.8 Å². The molecule has 0 radical (unpaired) electrons. The molecule has 0 spiro atoms. The Kier molecular flexibility index (Phi) is 9.91. The summed E-state index contributed by atoms with van der Waals surface area (Å²) in [6.07, 6.45) is 3.18. The second-order valence-corrected chi connectivity index (χ2v) is 13.2. The number of β-lactam (4-membered cyclic amide) rings is 1. The second kappa shape index (κ2) is 13.0. The van der Waals surface area contributed by atoms with Crippen LogP contribution in [0.1, 0.15) is 0 Å². The third kappa shape index (κ3) is 7.12. The first-order valence-electron chi connectivity index (χ1n) is 11.1. The molecule has 1 saturated heterocycles. The van der Waals surface area contributed by atoms with Crippen molar-refractivity contribution in [3.63, 3.8) is 0 Å². The van der Waals surface area contributed by atoms with Gasteiger partial charge in [-0.25, -0.2) is 4.79 Å². The van der Waals surface area contributed by atoms with Gasteiger partial charge in [0.25, 0.3) is 5.91 Å². The van der Waals surface area contributed by atoms with Crippen LogP contribution in [-0.2, 0) is 31.2 Å². The van der Waals surface area contributed by atoms with Crippen LogP contribution < -0.4 is 9.88 Å². The lowest BCUT2D eigenvalue weighted by Crippen LogP contribution is -2.70. The van der Waals surface area contributed by atoms with Gasteiger partial charge in [-0.15, -0.1) is 35.3 Å². The van der Waals surface area contributed by atoms with Gasteiger partial charge >= 0.3 is 5.97 Å². The minimum absolute atomic E-state index is 0.00815. The molecule has 0 bridgehead atoms. The van der Waals surface area contributed by atoms with Crippen LogP contribution >= 0.6 is 58.5 Å². The third-order valence-corrected chi connectivity index (χ3v) is 10.3. The monoisotopic (exact) mass is 648 g/mol. The molecule has 3 N–H and O–H groups in total. The van der Waals surface area contributed by atoms with Gasteiger partial charge in [0.2, 0.25) is 27.8 Å². The first kappa shape index (κ1) is 29.8. The fourth-order valence-electron chi connectivity index (χ4n) is 3.77. The minimum Gasteiger partial charge on any atom is -0.477 e. The number of carboxylic acids is 1. The highest BCUT2D eigenvalue weighted by Gasteiger charge is 2.54. The summed E-state index contributed by atoms with van der Waals surface area (Å²) in [6.45, 7) is -0.199. The van der Waals surface area contributed by atoms with Crippen LogP contribution in [0.4, 0.5) is 0 Å². The number of nitrogens with zero attached hydrogens (tertiary/aromatic N) is 2. The lowest BCUT2D eigenvalue weighted by molar-refractivity contribution is -0.683. The summed E-state index contributed by atoms with van der Waals surface area (Å²) in [7, 11) is -2.69. The molecule has 2 atom stereocenters. The molecule has 3 heterocycles. The molecule has 16 heteroatoms. The maximum atomic E-state index is 12.9. The number of carboxylic acid groups (broad SMARTS) is 1. The maximum Gasteiger partial charge on any atom is 0.352 e. The van der Waals surface area contributed by atoms with E-state index in [9.17, 15) is 33.0 Å². The number of hydrogen-bond donors (Lipinski definition) is 3. The fourth-order valence-corrected chi connectivity index (χ4v) is 7.69. The lowest BCUT2D eigenvalue weighted by atomic mass is 10.0. The Morgan fingerprint density at radius 3 is 2.54 bits per heavy atom. The zero-order valence-corrected chi connectivity index (χ0v) is 24.5. The van der Waals surface area contributed by atoms with Crippen LogP contribution in [0.25, 0.3) is 0 Å². The van der Waals surface area contributed by atoms with E-state index in [4.69, 9.17) is 23.2 Å². The van der Waals surface area contributed by atoms with Crippen LogP contribution in [0, 0.1) is 0 Å². The molecular formula is C23H20Cl2N3O7S4+. The molecule has 2 aromatic rings. The summed E-state index contributed by atoms with van der Waals surface area (Å²) >= 11 is 16.0. The number of amides is 2. The van der Waals surface area contributed by atoms with E-state index in [1.807, 2.05) is 0 Å². The van der Waals surface area contributed by atoms with Gasteiger partial charge in [0.1, 0.15) is 17.1 Å². The van der Waals surface area contributed by atoms with Crippen molar-refractivity contribution in [3.8, 4) is 0 Å². The number of carbonyl (C=O) groups is 3. The Hall–Kier alpha value is -2.20. The van der Waals surface area contributed by atoms with Gasteiger partial charge in [0.05, 0.1) is 10.8 Å². The Bertz CT molecular complexity index is 1490. The normalized spacial score (nSPS) is 18.3. The molecule has 1 aromatic heterocycles. The number of hydrogen-bond acceptors (Lipinski definition) is 8. The maximum absolute atomic E-state index is 12.9. The third-order valence-electron chi connectivity index (χ3n) is 5.60. The van der Waals surface area contributed by atoms with E-state index in [0.29, 0.717) is 32.0 Å². The van der Waals surface area contributed by atoms with E-state index in [1.54, 1.807) is 42.7 Å². The molecule has 10 nitrogen and oxygen atoms in total. The van der Waals surface area contributed by atoms with Gasteiger partial charge in [0.15, 0.2) is 12.4 Å². The van der Waals surface area contributed by atoms with E-state index in [1.165, 1.54) is 44.8 Å². The molecule has 0 aliphatic carbocycles.